The average Bonchev–Trinajstić information content (AvgIpc) is 2.65. The van der Waals surface area contributed by atoms with Crippen LogP contribution in [-0.4, -0.2) is 33.4 Å². The molecule has 2 rings (SSSR count). The molecule has 0 saturated carbocycles. The van der Waals surface area contributed by atoms with Crippen LogP contribution in [0, 0.1) is 16.7 Å². The van der Waals surface area contributed by atoms with Crippen molar-refractivity contribution in [3.8, 4) is 6.07 Å². The first-order valence-electron chi connectivity index (χ1n) is 4.96. The van der Waals surface area contributed by atoms with Gasteiger partial charge in [0.2, 0.25) is 0 Å². The third-order valence-corrected chi connectivity index (χ3v) is 2.61. The van der Waals surface area contributed by atoms with Gasteiger partial charge in [0.25, 0.3) is 0 Å². The third-order valence-electron chi connectivity index (χ3n) is 2.61. The molecule has 2 heterocycles. The summed E-state index contributed by atoms with van der Waals surface area (Å²) < 4.78 is 5.35. The standard InChI is InChI=1S/C9H13N5O/c1-14-12-8(11-13-14)5-9(6-10)3-2-4-15-7-9/h2-5,7H2,1H3. The molecule has 1 atom stereocenters. The Balaban J connectivity index is 2.11. The second kappa shape index (κ2) is 3.95. The highest BCUT2D eigenvalue weighted by Gasteiger charge is 2.34. The SMILES string of the molecule is Cn1nnc(CC2(C#N)CCCOC2)n1. The van der Waals surface area contributed by atoms with Gasteiger partial charge in [-0.1, -0.05) is 0 Å². The number of aromatic nitrogens is 4. The zero-order valence-electron chi connectivity index (χ0n) is 8.68. The van der Waals surface area contributed by atoms with Crippen molar-refractivity contribution in [2.45, 2.75) is 19.3 Å². The van der Waals surface area contributed by atoms with E-state index in [0.29, 0.717) is 18.9 Å². The Morgan fingerprint density at radius 3 is 3.07 bits per heavy atom. The molecule has 1 aromatic rings. The van der Waals surface area contributed by atoms with E-state index in [4.69, 9.17) is 4.74 Å². The molecule has 0 bridgehead atoms. The highest BCUT2D eigenvalue weighted by atomic mass is 16.5. The summed E-state index contributed by atoms with van der Waals surface area (Å²) in [6.07, 6.45) is 2.30. The topological polar surface area (TPSA) is 76.6 Å². The van der Waals surface area contributed by atoms with E-state index < -0.39 is 5.41 Å². The van der Waals surface area contributed by atoms with Crippen LogP contribution in [0.15, 0.2) is 0 Å². The zero-order valence-corrected chi connectivity index (χ0v) is 8.68. The van der Waals surface area contributed by atoms with Gasteiger partial charge in [0.05, 0.1) is 25.1 Å². The lowest BCUT2D eigenvalue weighted by Crippen LogP contribution is -2.32. The predicted octanol–water partition coefficient (Wildman–Crippen LogP) is 0.0730. The van der Waals surface area contributed by atoms with Crippen molar-refractivity contribution < 1.29 is 4.74 Å². The Labute approximate surface area is 87.8 Å². The van der Waals surface area contributed by atoms with Crippen LogP contribution < -0.4 is 0 Å². The van der Waals surface area contributed by atoms with Crippen LogP contribution in [-0.2, 0) is 18.2 Å². The fourth-order valence-corrected chi connectivity index (χ4v) is 1.82. The maximum absolute atomic E-state index is 9.20. The van der Waals surface area contributed by atoms with E-state index in [9.17, 15) is 5.26 Å². The van der Waals surface area contributed by atoms with Crippen LogP contribution >= 0.6 is 0 Å². The number of nitriles is 1. The monoisotopic (exact) mass is 207 g/mol. The fraction of sp³-hybridized carbons (Fsp3) is 0.778. The molecule has 1 fully saturated rings. The molecule has 0 N–H and O–H groups in total. The van der Waals surface area contributed by atoms with Gasteiger partial charge in [-0.05, 0) is 18.1 Å². The molecule has 0 spiro atoms. The van der Waals surface area contributed by atoms with Crippen LogP contribution in [0.25, 0.3) is 0 Å². The van der Waals surface area contributed by atoms with Crippen molar-refractivity contribution in [1.82, 2.24) is 20.2 Å². The van der Waals surface area contributed by atoms with Gasteiger partial charge in [0, 0.05) is 13.0 Å². The lowest BCUT2D eigenvalue weighted by atomic mass is 9.81. The van der Waals surface area contributed by atoms with Gasteiger partial charge in [-0.3, -0.25) is 0 Å². The molecule has 0 amide bonds. The van der Waals surface area contributed by atoms with Crippen LogP contribution in [0.2, 0.25) is 0 Å². The normalized spacial score (nSPS) is 26.1. The Morgan fingerprint density at radius 1 is 1.67 bits per heavy atom. The van der Waals surface area contributed by atoms with E-state index in [1.54, 1.807) is 7.05 Å². The molecular weight excluding hydrogens is 194 g/mol. The van der Waals surface area contributed by atoms with Crippen molar-refractivity contribution in [3.05, 3.63) is 5.82 Å². The lowest BCUT2D eigenvalue weighted by Gasteiger charge is -2.29. The minimum atomic E-state index is -0.457. The number of ether oxygens (including phenoxy) is 1. The highest BCUT2D eigenvalue weighted by molar-refractivity contribution is 5.05. The summed E-state index contributed by atoms with van der Waals surface area (Å²) in [5, 5.41) is 20.9. The number of hydrogen-bond donors (Lipinski definition) is 0. The minimum absolute atomic E-state index is 0.457. The Bertz CT molecular complexity index is 374. The smallest absolute Gasteiger partial charge is 0.176 e. The maximum Gasteiger partial charge on any atom is 0.176 e. The van der Waals surface area contributed by atoms with Gasteiger partial charge in [0.15, 0.2) is 5.82 Å². The summed E-state index contributed by atoms with van der Waals surface area (Å²) in [6, 6.07) is 2.33. The molecule has 1 aliphatic rings. The van der Waals surface area contributed by atoms with Crippen LogP contribution in [0.3, 0.4) is 0 Å². The Kier molecular flexibility index (Phi) is 2.64. The van der Waals surface area contributed by atoms with Crippen LogP contribution in [0.1, 0.15) is 18.7 Å². The predicted molar refractivity (Wildman–Crippen MR) is 50.6 cm³/mol. The quantitative estimate of drug-likeness (QED) is 0.686. The van der Waals surface area contributed by atoms with E-state index >= 15 is 0 Å². The molecule has 1 aliphatic heterocycles. The molecule has 0 aliphatic carbocycles. The number of rotatable bonds is 2. The molecule has 6 nitrogen and oxygen atoms in total. The highest BCUT2D eigenvalue weighted by Crippen LogP contribution is 2.30. The zero-order chi connectivity index (χ0) is 10.7. The number of aryl methyl sites for hydroxylation is 1. The van der Waals surface area contributed by atoms with Crippen LogP contribution in [0.4, 0.5) is 0 Å². The molecular formula is C9H13N5O. The summed E-state index contributed by atoms with van der Waals surface area (Å²) >= 11 is 0. The van der Waals surface area contributed by atoms with Gasteiger partial charge < -0.3 is 4.74 Å². The molecule has 0 radical (unpaired) electrons. The van der Waals surface area contributed by atoms with E-state index in [-0.39, 0.29) is 0 Å². The van der Waals surface area contributed by atoms with E-state index in [0.717, 1.165) is 19.4 Å². The first kappa shape index (κ1) is 10.1. The summed E-state index contributed by atoms with van der Waals surface area (Å²) in [6.45, 7) is 1.22. The maximum atomic E-state index is 9.20. The summed E-state index contributed by atoms with van der Waals surface area (Å²) in [7, 11) is 1.72. The number of hydrogen-bond acceptors (Lipinski definition) is 5. The van der Waals surface area contributed by atoms with Crippen molar-refractivity contribution in [2.75, 3.05) is 13.2 Å². The lowest BCUT2D eigenvalue weighted by molar-refractivity contribution is 0.0214. The molecule has 1 unspecified atom stereocenters. The van der Waals surface area contributed by atoms with Crippen molar-refractivity contribution in [3.63, 3.8) is 0 Å². The molecule has 15 heavy (non-hydrogen) atoms. The summed E-state index contributed by atoms with van der Waals surface area (Å²) in [5.41, 5.74) is -0.457. The third kappa shape index (κ3) is 2.13. The van der Waals surface area contributed by atoms with E-state index in [1.165, 1.54) is 4.80 Å². The van der Waals surface area contributed by atoms with Crippen LogP contribution in [0.5, 0.6) is 0 Å². The molecule has 0 aromatic carbocycles. The van der Waals surface area contributed by atoms with Gasteiger partial charge >= 0.3 is 0 Å². The number of tetrazole rings is 1. The Hall–Kier alpha value is -1.48. The van der Waals surface area contributed by atoms with Gasteiger partial charge in [-0.15, -0.1) is 10.2 Å². The minimum Gasteiger partial charge on any atom is -0.380 e. The molecule has 6 heteroatoms. The fourth-order valence-electron chi connectivity index (χ4n) is 1.82. The van der Waals surface area contributed by atoms with Gasteiger partial charge in [-0.25, -0.2) is 0 Å². The van der Waals surface area contributed by atoms with E-state index in [1.807, 2.05) is 0 Å². The van der Waals surface area contributed by atoms with Crippen molar-refractivity contribution in [2.24, 2.45) is 12.5 Å². The molecule has 80 valence electrons. The molecule has 1 aromatic heterocycles. The van der Waals surface area contributed by atoms with Gasteiger partial charge in [0.1, 0.15) is 0 Å². The Morgan fingerprint density at radius 2 is 2.53 bits per heavy atom. The molecule has 1 saturated heterocycles. The first-order valence-corrected chi connectivity index (χ1v) is 4.96. The average molecular weight is 207 g/mol. The largest absolute Gasteiger partial charge is 0.380 e. The van der Waals surface area contributed by atoms with Crippen molar-refractivity contribution in [1.29, 1.82) is 5.26 Å². The number of nitrogens with zero attached hydrogens (tertiary/aromatic N) is 5. The summed E-state index contributed by atoms with van der Waals surface area (Å²) in [4.78, 5) is 1.41. The summed E-state index contributed by atoms with van der Waals surface area (Å²) in [5.74, 6) is 0.615. The first-order chi connectivity index (χ1) is 7.24. The van der Waals surface area contributed by atoms with Gasteiger partial charge in [-0.2, -0.15) is 10.1 Å². The second-order valence-corrected chi connectivity index (χ2v) is 3.92. The van der Waals surface area contributed by atoms with E-state index in [2.05, 4.69) is 21.5 Å². The second-order valence-electron chi connectivity index (χ2n) is 3.92. The van der Waals surface area contributed by atoms with Crippen molar-refractivity contribution >= 4 is 0 Å².